The fourth-order valence-electron chi connectivity index (χ4n) is 2.81. The minimum absolute atomic E-state index is 0.183. The van der Waals surface area contributed by atoms with Crippen LogP contribution in [0.4, 0.5) is 0 Å². The SMILES string of the molecule is CCCCCCCCCCC(NI)[Si](OCC)(OCC)OCC. The molecule has 0 fully saturated rings. The standard InChI is InChI=1S/C17H38INO3Si/c1-5-9-10-11-12-13-14-15-16-17(19-18)23(20-6-2,21-7-3)22-8-4/h17,19H,5-16H2,1-4H3. The first-order chi connectivity index (χ1) is 11.2. The molecule has 1 atom stereocenters. The van der Waals surface area contributed by atoms with E-state index < -0.39 is 8.80 Å². The first kappa shape index (κ1) is 23.8. The minimum atomic E-state index is -2.63. The number of halogens is 1. The van der Waals surface area contributed by atoms with Gasteiger partial charge in [0.05, 0.1) is 5.67 Å². The summed E-state index contributed by atoms with van der Waals surface area (Å²) in [5.74, 6) is 0. The van der Waals surface area contributed by atoms with Crippen molar-refractivity contribution in [3.63, 3.8) is 0 Å². The molecule has 0 spiro atoms. The quantitative estimate of drug-likeness (QED) is 0.137. The van der Waals surface area contributed by atoms with Crippen molar-refractivity contribution in [1.29, 1.82) is 0 Å². The van der Waals surface area contributed by atoms with E-state index in [1.54, 1.807) is 0 Å². The Balaban J connectivity index is 4.24. The molecular weight excluding hydrogens is 421 g/mol. The molecule has 4 nitrogen and oxygen atoms in total. The third kappa shape index (κ3) is 10.4. The third-order valence-electron chi connectivity index (χ3n) is 3.94. The van der Waals surface area contributed by atoms with Gasteiger partial charge in [0.1, 0.15) is 0 Å². The number of rotatable bonds is 17. The van der Waals surface area contributed by atoms with E-state index in [4.69, 9.17) is 13.3 Å². The average Bonchev–Trinajstić information content (AvgIpc) is 2.54. The highest BCUT2D eigenvalue weighted by Crippen LogP contribution is 2.21. The zero-order valence-corrected chi connectivity index (χ0v) is 18.8. The minimum Gasteiger partial charge on any atom is -0.373 e. The summed E-state index contributed by atoms with van der Waals surface area (Å²) in [6.07, 6.45) is 11.7. The van der Waals surface area contributed by atoms with E-state index in [-0.39, 0.29) is 5.67 Å². The van der Waals surface area contributed by atoms with Crippen LogP contribution in [0.1, 0.15) is 85.5 Å². The van der Waals surface area contributed by atoms with Gasteiger partial charge >= 0.3 is 8.80 Å². The first-order valence-corrected chi connectivity index (χ1v) is 12.4. The summed E-state index contributed by atoms with van der Waals surface area (Å²) in [5.41, 5.74) is 0.183. The van der Waals surface area contributed by atoms with Crippen molar-refractivity contribution in [3.8, 4) is 0 Å². The van der Waals surface area contributed by atoms with Crippen molar-refractivity contribution in [2.45, 2.75) is 91.1 Å². The van der Waals surface area contributed by atoms with Crippen LogP contribution in [0.25, 0.3) is 0 Å². The first-order valence-electron chi connectivity index (χ1n) is 9.48. The Kier molecular flexibility index (Phi) is 16.8. The van der Waals surface area contributed by atoms with Crippen LogP contribution < -0.4 is 3.53 Å². The normalized spacial score (nSPS) is 13.4. The smallest absolute Gasteiger partial charge is 0.373 e. The lowest BCUT2D eigenvalue weighted by molar-refractivity contribution is 0.0600. The zero-order valence-electron chi connectivity index (χ0n) is 15.7. The molecule has 140 valence electrons. The highest BCUT2D eigenvalue weighted by atomic mass is 127. The Morgan fingerprint density at radius 3 is 1.57 bits per heavy atom. The van der Waals surface area contributed by atoms with Crippen LogP contribution in [-0.2, 0) is 13.3 Å². The van der Waals surface area contributed by atoms with E-state index in [0.29, 0.717) is 19.8 Å². The number of hydrogen-bond donors (Lipinski definition) is 1. The summed E-state index contributed by atoms with van der Waals surface area (Å²) >= 11 is 2.22. The van der Waals surface area contributed by atoms with Crippen molar-refractivity contribution >= 4 is 31.7 Å². The molecule has 23 heavy (non-hydrogen) atoms. The molecule has 0 rings (SSSR count). The molecule has 0 bridgehead atoms. The number of unbranched alkanes of at least 4 members (excludes halogenated alkanes) is 7. The van der Waals surface area contributed by atoms with Crippen LogP contribution in [0.5, 0.6) is 0 Å². The van der Waals surface area contributed by atoms with Crippen molar-refractivity contribution in [2.24, 2.45) is 0 Å². The maximum Gasteiger partial charge on any atom is 0.519 e. The van der Waals surface area contributed by atoms with Gasteiger partial charge in [-0.2, -0.15) is 0 Å². The fourth-order valence-corrected chi connectivity index (χ4v) is 7.02. The van der Waals surface area contributed by atoms with Gasteiger partial charge < -0.3 is 13.3 Å². The van der Waals surface area contributed by atoms with Gasteiger partial charge in [0.15, 0.2) is 0 Å². The van der Waals surface area contributed by atoms with E-state index in [1.807, 2.05) is 20.8 Å². The molecule has 1 unspecified atom stereocenters. The average molecular weight is 459 g/mol. The van der Waals surface area contributed by atoms with Gasteiger partial charge in [-0.1, -0.05) is 58.3 Å². The molecule has 0 saturated carbocycles. The topological polar surface area (TPSA) is 39.7 Å². The van der Waals surface area contributed by atoms with Crippen molar-refractivity contribution < 1.29 is 13.3 Å². The lowest BCUT2D eigenvalue weighted by Gasteiger charge is -2.34. The van der Waals surface area contributed by atoms with E-state index >= 15 is 0 Å². The van der Waals surface area contributed by atoms with E-state index in [0.717, 1.165) is 6.42 Å². The predicted molar refractivity (Wildman–Crippen MR) is 109 cm³/mol. The van der Waals surface area contributed by atoms with Gasteiger partial charge in [-0.3, -0.25) is 3.53 Å². The largest absolute Gasteiger partial charge is 0.519 e. The molecular formula is C17H38INO3Si. The molecule has 0 radical (unpaired) electrons. The highest BCUT2D eigenvalue weighted by Gasteiger charge is 2.48. The van der Waals surface area contributed by atoms with E-state index in [9.17, 15) is 0 Å². The summed E-state index contributed by atoms with van der Waals surface area (Å²) in [4.78, 5) is 0. The Hall–Kier alpha value is 0.787. The maximum absolute atomic E-state index is 6.01. The summed E-state index contributed by atoms with van der Waals surface area (Å²) < 4.78 is 21.4. The predicted octanol–water partition coefficient (Wildman–Crippen LogP) is 5.41. The number of hydrogen-bond acceptors (Lipinski definition) is 4. The molecule has 0 aromatic carbocycles. The van der Waals surface area contributed by atoms with Crippen LogP contribution in [0, 0.1) is 0 Å². The zero-order chi connectivity index (χ0) is 17.4. The van der Waals surface area contributed by atoms with Crippen LogP contribution in [0.15, 0.2) is 0 Å². The van der Waals surface area contributed by atoms with Crippen LogP contribution in [0.3, 0.4) is 0 Å². The second-order valence-corrected chi connectivity index (χ2v) is 9.22. The van der Waals surface area contributed by atoms with Crippen molar-refractivity contribution in [3.05, 3.63) is 0 Å². The summed E-state index contributed by atoms with van der Waals surface area (Å²) in [6, 6.07) is 0. The van der Waals surface area contributed by atoms with Crippen LogP contribution in [0.2, 0.25) is 0 Å². The van der Waals surface area contributed by atoms with Crippen molar-refractivity contribution in [1.82, 2.24) is 3.53 Å². The third-order valence-corrected chi connectivity index (χ3v) is 8.64. The molecule has 0 saturated heterocycles. The fraction of sp³-hybridized carbons (Fsp3) is 1.00. The molecule has 0 aromatic heterocycles. The van der Waals surface area contributed by atoms with Gasteiger partial charge in [-0.25, -0.2) is 0 Å². The summed E-state index contributed by atoms with van der Waals surface area (Å²) in [7, 11) is -2.63. The molecule has 0 aliphatic rings. The van der Waals surface area contributed by atoms with Gasteiger partial charge in [0.2, 0.25) is 0 Å². The Morgan fingerprint density at radius 1 is 0.739 bits per heavy atom. The Labute approximate surface area is 159 Å². The van der Waals surface area contributed by atoms with E-state index in [1.165, 1.54) is 51.4 Å². The molecule has 0 heterocycles. The summed E-state index contributed by atoms with van der Waals surface area (Å²) in [5, 5.41) is 0. The van der Waals surface area contributed by atoms with Gasteiger partial charge in [-0.15, -0.1) is 0 Å². The maximum atomic E-state index is 6.01. The van der Waals surface area contributed by atoms with Gasteiger partial charge in [-0.05, 0) is 27.2 Å². The second-order valence-electron chi connectivity index (χ2n) is 5.83. The molecule has 0 aliphatic carbocycles. The molecule has 6 heteroatoms. The second kappa shape index (κ2) is 16.3. The molecule has 1 N–H and O–H groups in total. The monoisotopic (exact) mass is 459 g/mol. The molecule has 0 aromatic rings. The van der Waals surface area contributed by atoms with Gasteiger partial charge in [0.25, 0.3) is 0 Å². The highest BCUT2D eigenvalue weighted by molar-refractivity contribution is 14.1. The van der Waals surface area contributed by atoms with Crippen LogP contribution >= 0.6 is 22.9 Å². The molecule has 0 aliphatic heterocycles. The van der Waals surface area contributed by atoms with Crippen molar-refractivity contribution in [2.75, 3.05) is 19.8 Å². The molecule has 0 amide bonds. The van der Waals surface area contributed by atoms with Gasteiger partial charge in [0, 0.05) is 42.7 Å². The van der Waals surface area contributed by atoms with Crippen LogP contribution in [-0.4, -0.2) is 34.3 Å². The van der Waals surface area contributed by atoms with E-state index in [2.05, 4.69) is 33.3 Å². The summed E-state index contributed by atoms with van der Waals surface area (Å²) in [6.45, 7) is 10.2. The lowest BCUT2D eigenvalue weighted by Crippen LogP contribution is -2.60. The number of nitrogens with one attached hydrogen (secondary N) is 1. The lowest BCUT2D eigenvalue weighted by atomic mass is 10.1. The Bertz CT molecular complexity index is 243. The Morgan fingerprint density at radius 2 is 1.17 bits per heavy atom.